The molecular formula is C51H30O. The SMILES string of the molecule is c1ccc(-c2ccc3c(c2)C2(c4ccccc4-3)c3ccccc3-c3cc4ccccc4cc32)c(-c2ccc3c(c2)-c2cccc4cccc(c24)O3)c1. The van der Waals surface area contributed by atoms with Crippen molar-refractivity contribution < 1.29 is 4.74 Å². The average molecular weight is 659 g/mol. The van der Waals surface area contributed by atoms with Crippen LogP contribution in [0.2, 0.25) is 0 Å². The molecule has 1 spiro atoms. The molecule has 0 saturated heterocycles. The second-order valence-electron chi connectivity index (χ2n) is 14.4. The molecule has 0 amide bonds. The summed E-state index contributed by atoms with van der Waals surface area (Å²) in [4.78, 5) is 0. The molecule has 3 aliphatic rings. The highest BCUT2D eigenvalue weighted by Gasteiger charge is 2.51. The molecule has 0 fully saturated rings. The summed E-state index contributed by atoms with van der Waals surface area (Å²) in [5.74, 6) is 1.82. The number of ether oxygens (including phenoxy) is 1. The standard InChI is InChI=1S/C51H30O/c1-2-12-33-29-47-42(27-32(33)11-1)39-18-6-8-21-45(39)51(47)44-20-7-5-17-38(44)40-25-23-35(30-46(40)51)37-16-4-3-15-36(37)34-24-26-48-43(28-34)41-19-9-13-31-14-10-22-49(52-48)50(31)41/h1-30H. The van der Waals surface area contributed by atoms with Gasteiger partial charge in [-0.1, -0.05) is 146 Å². The molecule has 0 N–H and O–H groups in total. The van der Waals surface area contributed by atoms with Gasteiger partial charge in [0.1, 0.15) is 11.5 Å². The maximum Gasteiger partial charge on any atom is 0.135 e. The lowest BCUT2D eigenvalue weighted by Gasteiger charge is -2.31. The first kappa shape index (κ1) is 28.0. The molecule has 0 aromatic heterocycles. The van der Waals surface area contributed by atoms with E-state index in [-0.39, 0.29) is 0 Å². The Morgan fingerprint density at radius 1 is 0.288 bits per heavy atom. The molecule has 0 radical (unpaired) electrons. The molecule has 9 aromatic rings. The minimum Gasteiger partial charge on any atom is -0.456 e. The summed E-state index contributed by atoms with van der Waals surface area (Å²) in [7, 11) is 0. The van der Waals surface area contributed by atoms with E-state index in [9.17, 15) is 0 Å². The minimum absolute atomic E-state index is 0.415. The first-order valence-corrected chi connectivity index (χ1v) is 18.1. The Balaban J connectivity index is 1.09. The lowest BCUT2D eigenvalue weighted by molar-refractivity contribution is 0.487. The van der Waals surface area contributed by atoms with E-state index < -0.39 is 5.41 Å². The van der Waals surface area contributed by atoms with Crippen LogP contribution in [0, 0.1) is 0 Å². The zero-order valence-corrected chi connectivity index (χ0v) is 28.2. The van der Waals surface area contributed by atoms with E-state index in [1.807, 2.05) is 0 Å². The summed E-state index contributed by atoms with van der Waals surface area (Å²) in [6.07, 6.45) is 0. The van der Waals surface area contributed by atoms with Crippen molar-refractivity contribution >= 4 is 21.5 Å². The van der Waals surface area contributed by atoms with Gasteiger partial charge < -0.3 is 4.74 Å². The van der Waals surface area contributed by atoms with Crippen LogP contribution in [0.3, 0.4) is 0 Å². The van der Waals surface area contributed by atoms with Gasteiger partial charge in [0.2, 0.25) is 0 Å². The molecule has 240 valence electrons. The molecule has 0 bridgehead atoms. The highest BCUT2D eigenvalue weighted by Crippen LogP contribution is 2.63. The van der Waals surface area contributed by atoms with Crippen LogP contribution in [0.1, 0.15) is 22.3 Å². The van der Waals surface area contributed by atoms with Crippen LogP contribution in [0.15, 0.2) is 182 Å². The van der Waals surface area contributed by atoms with Crippen molar-refractivity contribution in [3.8, 4) is 67.1 Å². The van der Waals surface area contributed by atoms with Crippen molar-refractivity contribution in [1.29, 1.82) is 0 Å². The van der Waals surface area contributed by atoms with E-state index in [0.29, 0.717) is 0 Å². The topological polar surface area (TPSA) is 9.23 Å². The van der Waals surface area contributed by atoms with Crippen LogP contribution in [0.25, 0.3) is 77.2 Å². The molecule has 1 nitrogen and oxygen atoms in total. The fourth-order valence-corrected chi connectivity index (χ4v) is 9.71. The van der Waals surface area contributed by atoms with Crippen molar-refractivity contribution in [2.24, 2.45) is 0 Å². The molecule has 2 aliphatic carbocycles. The Morgan fingerprint density at radius 3 is 1.60 bits per heavy atom. The number of benzene rings is 9. The summed E-state index contributed by atoms with van der Waals surface area (Å²) in [6.45, 7) is 0. The maximum absolute atomic E-state index is 6.47. The van der Waals surface area contributed by atoms with Crippen LogP contribution in [0.4, 0.5) is 0 Å². The largest absolute Gasteiger partial charge is 0.456 e. The summed E-state index contributed by atoms with van der Waals surface area (Å²) < 4.78 is 6.47. The van der Waals surface area contributed by atoms with E-state index in [0.717, 1.165) is 17.1 Å². The van der Waals surface area contributed by atoms with Gasteiger partial charge in [-0.2, -0.15) is 0 Å². The highest BCUT2D eigenvalue weighted by molar-refractivity contribution is 6.05. The van der Waals surface area contributed by atoms with Crippen LogP contribution in [-0.2, 0) is 5.41 Å². The number of rotatable bonds is 2. The van der Waals surface area contributed by atoms with Gasteiger partial charge in [0.15, 0.2) is 0 Å². The molecule has 1 heterocycles. The molecule has 9 aromatic carbocycles. The first-order valence-electron chi connectivity index (χ1n) is 18.1. The molecule has 1 heteroatoms. The summed E-state index contributed by atoms with van der Waals surface area (Å²) >= 11 is 0. The Labute approximate surface area is 302 Å². The molecule has 12 rings (SSSR count). The first-order chi connectivity index (χ1) is 25.8. The predicted molar refractivity (Wildman–Crippen MR) is 214 cm³/mol. The summed E-state index contributed by atoms with van der Waals surface area (Å²) in [5, 5.41) is 4.92. The second-order valence-corrected chi connectivity index (χ2v) is 14.4. The lowest BCUT2D eigenvalue weighted by Crippen LogP contribution is -2.25. The van der Waals surface area contributed by atoms with Gasteiger partial charge >= 0.3 is 0 Å². The van der Waals surface area contributed by atoms with Crippen LogP contribution >= 0.6 is 0 Å². The Morgan fingerprint density at radius 2 is 0.827 bits per heavy atom. The normalized spacial score (nSPS) is 15.5. The van der Waals surface area contributed by atoms with Gasteiger partial charge in [-0.15, -0.1) is 0 Å². The van der Waals surface area contributed by atoms with E-state index >= 15 is 0 Å². The Kier molecular flexibility index (Phi) is 5.49. The zero-order chi connectivity index (χ0) is 34.0. The molecule has 1 unspecified atom stereocenters. The van der Waals surface area contributed by atoms with Gasteiger partial charge in [0.05, 0.1) is 5.41 Å². The van der Waals surface area contributed by atoms with E-state index in [4.69, 9.17) is 4.74 Å². The quantitative estimate of drug-likeness (QED) is 0.180. The average Bonchev–Trinajstić information content (AvgIpc) is 3.66. The zero-order valence-electron chi connectivity index (χ0n) is 28.2. The molecule has 1 atom stereocenters. The number of hydrogen-bond donors (Lipinski definition) is 0. The maximum atomic E-state index is 6.47. The van der Waals surface area contributed by atoms with E-state index in [1.165, 1.54) is 93.9 Å². The van der Waals surface area contributed by atoms with E-state index in [2.05, 4.69) is 182 Å². The number of hydrogen-bond acceptors (Lipinski definition) is 1. The molecular weight excluding hydrogens is 629 g/mol. The van der Waals surface area contributed by atoms with Gasteiger partial charge in [0, 0.05) is 10.9 Å². The molecule has 0 saturated carbocycles. The fourth-order valence-electron chi connectivity index (χ4n) is 9.71. The summed E-state index contributed by atoms with van der Waals surface area (Å²) in [5.41, 5.74) is 17.5. The fraction of sp³-hybridized carbons (Fsp3) is 0.0196. The third-order valence-electron chi connectivity index (χ3n) is 11.9. The lowest BCUT2D eigenvalue weighted by atomic mass is 9.70. The van der Waals surface area contributed by atoms with Crippen LogP contribution < -0.4 is 4.74 Å². The van der Waals surface area contributed by atoms with Crippen molar-refractivity contribution in [2.75, 3.05) is 0 Å². The Bertz CT molecular complexity index is 3000. The second kappa shape index (κ2) is 10.2. The summed E-state index contributed by atoms with van der Waals surface area (Å²) in [6, 6.07) is 67.4. The van der Waals surface area contributed by atoms with Crippen molar-refractivity contribution in [1.82, 2.24) is 0 Å². The monoisotopic (exact) mass is 658 g/mol. The minimum atomic E-state index is -0.415. The van der Waals surface area contributed by atoms with Crippen molar-refractivity contribution in [3.63, 3.8) is 0 Å². The van der Waals surface area contributed by atoms with Gasteiger partial charge in [0.25, 0.3) is 0 Å². The number of fused-ring (bicyclic) bond motifs is 13. The molecule has 52 heavy (non-hydrogen) atoms. The van der Waals surface area contributed by atoms with E-state index in [1.54, 1.807) is 0 Å². The smallest absolute Gasteiger partial charge is 0.135 e. The van der Waals surface area contributed by atoms with Gasteiger partial charge in [-0.05, 0) is 125 Å². The van der Waals surface area contributed by atoms with Gasteiger partial charge in [-0.3, -0.25) is 0 Å². The van der Waals surface area contributed by atoms with Crippen LogP contribution in [-0.4, -0.2) is 0 Å². The van der Waals surface area contributed by atoms with Crippen molar-refractivity contribution in [2.45, 2.75) is 5.41 Å². The van der Waals surface area contributed by atoms with Crippen LogP contribution in [0.5, 0.6) is 11.5 Å². The molecule has 1 aliphatic heterocycles. The predicted octanol–water partition coefficient (Wildman–Crippen LogP) is 13.4. The van der Waals surface area contributed by atoms with Gasteiger partial charge in [-0.25, -0.2) is 0 Å². The Hall–Kier alpha value is -6.70. The third kappa shape index (κ3) is 3.57. The third-order valence-corrected chi connectivity index (χ3v) is 11.9. The highest BCUT2D eigenvalue weighted by atomic mass is 16.5. The van der Waals surface area contributed by atoms with Crippen molar-refractivity contribution in [3.05, 3.63) is 204 Å².